The van der Waals surface area contributed by atoms with E-state index in [0.717, 1.165) is 24.9 Å². The van der Waals surface area contributed by atoms with Crippen molar-refractivity contribution >= 4 is 0 Å². The van der Waals surface area contributed by atoms with Crippen LogP contribution in [0.25, 0.3) is 0 Å². The molecule has 2 heteroatoms. The van der Waals surface area contributed by atoms with Crippen LogP contribution in [0.15, 0.2) is 30.3 Å². The quantitative estimate of drug-likeness (QED) is 0.835. The number of nitrogens with one attached hydrogen (secondary N) is 1. The fourth-order valence-electron chi connectivity index (χ4n) is 3.14. The van der Waals surface area contributed by atoms with E-state index in [1.54, 1.807) is 4.90 Å². The number of hydrogen-bond donors (Lipinski definition) is 2. The highest BCUT2D eigenvalue weighted by atomic mass is 16.3. The second kappa shape index (κ2) is 7.06. The van der Waals surface area contributed by atoms with Gasteiger partial charge in [0, 0.05) is 6.42 Å². The number of benzene rings is 1. The number of aliphatic hydroxyl groups is 1. The summed E-state index contributed by atoms with van der Waals surface area (Å²) in [5, 5.41) is 10.9. The SMILES string of the molecule is CC[C@](O)(CC[NH+]1CCCCCC1)c1ccccc1. The van der Waals surface area contributed by atoms with Gasteiger partial charge in [0.2, 0.25) is 0 Å². The normalized spacial score (nSPS) is 20.7. The molecule has 0 amide bonds. The van der Waals surface area contributed by atoms with E-state index in [4.69, 9.17) is 0 Å². The second-order valence-corrected chi connectivity index (χ2v) is 5.92. The zero-order valence-corrected chi connectivity index (χ0v) is 12.2. The van der Waals surface area contributed by atoms with Crippen LogP contribution in [0.3, 0.4) is 0 Å². The molecule has 1 aromatic rings. The van der Waals surface area contributed by atoms with E-state index in [1.807, 2.05) is 18.2 Å². The zero-order valence-electron chi connectivity index (χ0n) is 12.2. The van der Waals surface area contributed by atoms with Gasteiger partial charge in [-0.05, 0) is 37.7 Å². The fourth-order valence-corrected chi connectivity index (χ4v) is 3.14. The van der Waals surface area contributed by atoms with Crippen LogP contribution in [0.1, 0.15) is 51.0 Å². The van der Waals surface area contributed by atoms with E-state index in [0.29, 0.717) is 0 Å². The monoisotopic (exact) mass is 262 g/mol. The number of hydrogen-bond acceptors (Lipinski definition) is 1. The molecule has 0 spiro atoms. The van der Waals surface area contributed by atoms with Gasteiger partial charge in [-0.3, -0.25) is 0 Å². The Morgan fingerprint density at radius 3 is 2.26 bits per heavy atom. The molecule has 0 aromatic heterocycles. The first kappa shape index (κ1) is 14.5. The molecular formula is C17H28NO+. The highest BCUT2D eigenvalue weighted by Crippen LogP contribution is 2.27. The molecule has 1 heterocycles. The van der Waals surface area contributed by atoms with Crippen molar-refractivity contribution in [3.05, 3.63) is 35.9 Å². The lowest BCUT2D eigenvalue weighted by Crippen LogP contribution is -3.12. The highest BCUT2D eigenvalue weighted by molar-refractivity contribution is 5.21. The van der Waals surface area contributed by atoms with Crippen molar-refractivity contribution in [3.8, 4) is 0 Å². The van der Waals surface area contributed by atoms with Gasteiger partial charge in [-0.25, -0.2) is 0 Å². The Labute approximate surface area is 117 Å². The van der Waals surface area contributed by atoms with E-state index in [1.165, 1.54) is 38.8 Å². The third-order valence-electron chi connectivity index (χ3n) is 4.60. The molecular weight excluding hydrogens is 234 g/mol. The minimum Gasteiger partial charge on any atom is -0.385 e. The molecule has 1 aliphatic rings. The lowest BCUT2D eigenvalue weighted by Gasteiger charge is -2.29. The summed E-state index contributed by atoms with van der Waals surface area (Å²) in [5.41, 5.74) is 0.437. The summed E-state index contributed by atoms with van der Waals surface area (Å²) < 4.78 is 0. The molecule has 2 N–H and O–H groups in total. The molecule has 0 aliphatic carbocycles. The highest BCUT2D eigenvalue weighted by Gasteiger charge is 2.28. The van der Waals surface area contributed by atoms with Crippen LogP contribution in [-0.4, -0.2) is 24.7 Å². The molecule has 0 saturated carbocycles. The molecule has 106 valence electrons. The van der Waals surface area contributed by atoms with E-state index < -0.39 is 5.60 Å². The van der Waals surface area contributed by atoms with Crippen LogP contribution < -0.4 is 4.90 Å². The van der Waals surface area contributed by atoms with Gasteiger partial charge in [-0.2, -0.15) is 0 Å². The topological polar surface area (TPSA) is 24.7 Å². The molecule has 2 nitrogen and oxygen atoms in total. The van der Waals surface area contributed by atoms with Crippen molar-refractivity contribution in [3.63, 3.8) is 0 Å². The zero-order chi connectivity index (χ0) is 13.6. The maximum absolute atomic E-state index is 10.9. The molecule has 0 radical (unpaired) electrons. The molecule has 19 heavy (non-hydrogen) atoms. The Bertz CT molecular complexity index is 357. The molecule has 1 fully saturated rings. The van der Waals surface area contributed by atoms with Crippen molar-refractivity contribution in [1.82, 2.24) is 0 Å². The van der Waals surface area contributed by atoms with Crippen molar-refractivity contribution < 1.29 is 10.0 Å². The van der Waals surface area contributed by atoms with Crippen molar-refractivity contribution in [1.29, 1.82) is 0 Å². The van der Waals surface area contributed by atoms with Crippen LogP contribution in [0, 0.1) is 0 Å². The molecule has 0 unspecified atom stereocenters. The average molecular weight is 262 g/mol. The van der Waals surface area contributed by atoms with Gasteiger partial charge in [-0.1, -0.05) is 37.3 Å². The van der Waals surface area contributed by atoms with Gasteiger partial charge >= 0.3 is 0 Å². The lowest BCUT2D eigenvalue weighted by atomic mass is 9.88. The van der Waals surface area contributed by atoms with Crippen LogP contribution in [0.4, 0.5) is 0 Å². The third-order valence-corrected chi connectivity index (χ3v) is 4.60. The van der Waals surface area contributed by atoms with Gasteiger partial charge in [-0.15, -0.1) is 0 Å². The summed E-state index contributed by atoms with van der Waals surface area (Å²) in [4.78, 5) is 1.68. The first-order valence-corrected chi connectivity index (χ1v) is 7.86. The van der Waals surface area contributed by atoms with E-state index in [-0.39, 0.29) is 0 Å². The Kier molecular flexibility index (Phi) is 5.41. The number of likely N-dealkylation sites (tertiary alicyclic amines) is 1. The predicted molar refractivity (Wildman–Crippen MR) is 79.3 cm³/mol. The first-order valence-electron chi connectivity index (χ1n) is 7.86. The molecule has 0 bridgehead atoms. The maximum Gasteiger partial charge on any atom is 0.0947 e. The standard InChI is InChI=1S/C17H27NO/c1-2-17(19,16-10-6-5-7-11-16)12-15-18-13-8-3-4-9-14-18/h5-7,10-11,19H,2-4,8-9,12-15H2,1H3/p+1/t17-/m0/s1. The summed E-state index contributed by atoms with van der Waals surface area (Å²) in [6.45, 7) is 5.76. The van der Waals surface area contributed by atoms with Crippen molar-refractivity contribution in [2.75, 3.05) is 19.6 Å². The van der Waals surface area contributed by atoms with E-state index >= 15 is 0 Å². The fraction of sp³-hybridized carbons (Fsp3) is 0.647. The molecule has 2 rings (SSSR count). The summed E-state index contributed by atoms with van der Waals surface area (Å²) in [6.07, 6.45) is 7.16. The Morgan fingerprint density at radius 2 is 1.68 bits per heavy atom. The van der Waals surface area contributed by atoms with Gasteiger partial charge < -0.3 is 10.0 Å². The van der Waals surface area contributed by atoms with Crippen LogP contribution in [0.2, 0.25) is 0 Å². The first-order chi connectivity index (χ1) is 9.24. The van der Waals surface area contributed by atoms with Crippen LogP contribution in [-0.2, 0) is 5.60 Å². The Balaban J connectivity index is 1.94. The summed E-state index contributed by atoms with van der Waals surface area (Å²) in [7, 11) is 0. The molecule has 1 aliphatic heterocycles. The van der Waals surface area contributed by atoms with Gasteiger partial charge in [0.25, 0.3) is 0 Å². The predicted octanol–water partition coefficient (Wildman–Crippen LogP) is 2.13. The molecule has 1 aromatic carbocycles. The summed E-state index contributed by atoms with van der Waals surface area (Å²) in [5.74, 6) is 0. The molecule has 1 atom stereocenters. The Morgan fingerprint density at radius 1 is 1.05 bits per heavy atom. The number of quaternary nitrogens is 1. The summed E-state index contributed by atoms with van der Waals surface area (Å²) in [6, 6.07) is 10.2. The summed E-state index contributed by atoms with van der Waals surface area (Å²) >= 11 is 0. The van der Waals surface area contributed by atoms with Crippen molar-refractivity contribution in [2.24, 2.45) is 0 Å². The van der Waals surface area contributed by atoms with Crippen molar-refractivity contribution in [2.45, 2.75) is 51.0 Å². The lowest BCUT2D eigenvalue weighted by molar-refractivity contribution is -0.900. The van der Waals surface area contributed by atoms with Gasteiger partial charge in [0.05, 0.1) is 25.2 Å². The van der Waals surface area contributed by atoms with Gasteiger partial charge in [0.15, 0.2) is 0 Å². The van der Waals surface area contributed by atoms with Gasteiger partial charge in [0.1, 0.15) is 0 Å². The smallest absolute Gasteiger partial charge is 0.0947 e. The Hall–Kier alpha value is -0.860. The van der Waals surface area contributed by atoms with Crippen LogP contribution >= 0.6 is 0 Å². The molecule has 1 saturated heterocycles. The minimum atomic E-state index is -0.638. The van der Waals surface area contributed by atoms with E-state index in [9.17, 15) is 5.11 Å². The second-order valence-electron chi connectivity index (χ2n) is 5.92. The maximum atomic E-state index is 10.9. The largest absolute Gasteiger partial charge is 0.385 e. The number of rotatable bonds is 5. The minimum absolute atomic E-state index is 0.638. The average Bonchev–Trinajstić information content (AvgIpc) is 2.74. The third kappa shape index (κ3) is 4.05. The van der Waals surface area contributed by atoms with Crippen LogP contribution in [0.5, 0.6) is 0 Å². The van der Waals surface area contributed by atoms with E-state index in [2.05, 4.69) is 19.1 Å².